The van der Waals surface area contributed by atoms with Gasteiger partial charge in [0.25, 0.3) is 0 Å². The molecule has 0 spiro atoms. The Kier molecular flexibility index (Phi) is 4.70. The molecule has 0 aromatic heterocycles. The molecule has 1 fully saturated rings. The van der Waals surface area contributed by atoms with Crippen LogP contribution in [0.5, 0.6) is 0 Å². The van der Waals surface area contributed by atoms with Crippen LogP contribution in [-0.2, 0) is 0 Å². The summed E-state index contributed by atoms with van der Waals surface area (Å²) in [5, 5.41) is 0. The minimum Gasteiger partial charge on any atom is -0.299 e. The maximum absolute atomic E-state index is 5.70. The van der Waals surface area contributed by atoms with Crippen LogP contribution in [0, 0.1) is 5.92 Å². The van der Waals surface area contributed by atoms with Crippen molar-refractivity contribution in [2.45, 2.75) is 19.8 Å². The van der Waals surface area contributed by atoms with Crippen LogP contribution in [0.15, 0.2) is 12.2 Å². The average molecular weight is 188 g/mol. The summed E-state index contributed by atoms with van der Waals surface area (Å²) in [5.74, 6) is 1.68. The summed E-state index contributed by atoms with van der Waals surface area (Å²) < 4.78 is 0. The van der Waals surface area contributed by atoms with E-state index < -0.39 is 0 Å². The minimum absolute atomic E-state index is 0.822. The number of hydrogen-bond acceptors (Lipinski definition) is 1. The van der Waals surface area contributed by atoms with Crippen LogP contribution in [-0.4, -0.2) is 30.4 Å². The predicted octanol–water partition coefficient (Wildman–Crippen LogP) is 2.51. The molecule has 1 nitrogen and oxygen atoms in total. The second-order valence-electron chi connectivity index (χ2n) is 3.46. The fourth-order valence-corrected chi connectivity index (χ4v) is 2.03. The molecule has 0 aromatic rings. The number of allylic oxidation sites excluding steroid dienone is 1. The quantitative estimate of drug-likeness (QED) is 0.483. The molecule has 0 radical (unpaired) electrons. The molecule has 1 saturated heterocycles. The highest BCUT2D eigenvalue weighted by Gasteiger charge is 2.20. The molecule has 0 saturated carbocycles. The Bertz CT molecular complexity index is 145. The van der Waals surface area contributed by atoms with Gasteiger partial charge in [0.2, 0.25) is 0 Å². The zero-order chi connectivity index (χ0) is 8.81. The maximum Gasteiger partial charge on any atom is 0.0226 e. The lowest BCUT2D eigenvalue weighted by atomic mass is 10.1. The molecule has 12 heavy (non-hydrogen) atoms. The van der Waals surface area contributed by atoms with Crippen molar-refractivity contribution in [3.63, 3.8) is 0 Å². The molecule has 1 aliphatic heterocycles. The van der Waals surface area contributed by atoms with E-state index in [1.54, 1.807) is 0 Å². The first-order chi connectivity index (χ1) is 5.86. The van der Waals surface area contributed by atoms with Gasteiger partial charge in [-0.3, -0.25) is 4.90 Å². The minimum atomic E-state index is 0.822. The third kappa shape index (κ3) is 3.16. The first kappa shape index (κ1) is 10.1. The van der Waals surface area contributed by atoms with E-state index >= 15 is 0 Å². The van der Waals surface area contributed by atoms with Crippen LogP contribution in [0.3, 0.4) is 0 Å². The van der Waals surface area contributed by atoms with Crippen LogP contribution >= 0.6 is 11.6 Å². The zero-order valence-electron chi connectivity index (χ0n) is 7.80. The van der Waals surface area contributed by atoms with Crippen molar-refractivity contribution < 1.29 is 0 Å². The Hall–Kier alpha value is -0.0100. The Morgan fingerprint density at radius 3 is 3.08 bits per heavy atom. The van der Waals surface area contributed by atoms with E-state index in [-0.39, 0.29) is 0 Å². The average Bonchev–Trinajstić information content (AvgIpc) is 2.50. The van der Waals surface area contributed by atoms with Crippen molar-refractivity contribution in [3.05, 3.63) is 12.2 Å². The van der Waals surface area contributed by atoms with E-state index in [0.717, 1.165) is 18.3 Å². The van der Waals surface area contributed by atoms with Gasteiger partial charge >= 0.3 is 0 Å². The van der Waals surface area contributed by atoms with Gasteiger partial charge in [-0.25, -0.2) is 0 Å². The molecule has 0 aliphatic carbocycles. The highest BCUT2D eigenvalue weighted by atomic mass is 35.5. The molecule has 0 aromatic carbocycles. The van der Waals surface area contributed by atoms with Gasteiger partial charge in [-0.05, 0) is 32.2 Å². The standard InChI is InChI=1S/C10H18ClN/c1-2-3-7-12-8-5-10(9-12)4-6-11/h2-3,10H,4-9H2,1H3/b3-2+. The van der Waals surface area contributed by atoms with Gasteiger partial charge in [-0.1, -0.05) is 12.2 Å². The monoisotopic (exact) mass is 187 g/mol. The van der Waals surface area contributed by atoms with Gasteiger partial charge in [0.05, 0.1) is 0 Å². The topological polar surface area (TPSA) is 3.24 Å². The predicted molar refractivity (Wildman–Crippen MR) is 54.7 cm³/mol. The lowest BCUT2D eigenvalue weighted by Crippen LogP contribution is -2.20. The van der Waals surface area contributed by atoms with E-state index in [4.69, 9.17) is 11.6 Å². The van der Waals surface area contributed by atoms with Gasteiger partial charge < -0.3 is 0 Å². The summed E-state index contributed by atoms with van der Waals surface area (Å²) in [4.78, 5) is 2.50. The first-order valence-corrected chi connectivity index (χ1v) is 5.29. The van der Waals surface area contributed by atoms with E-state index in [0.29, 0.717) is 0 Å². The van der Waals surface area contributed by atoms with E-state index in [1.807, 2.05) is 0 Å². The molecular weight excluding hydrogens is 170 g/mol. The lowest BCUT2D eigenvalue weighted by molar-refractivity contribution is 0.357. The van der Waals surface area contributed by atoms with Crippen molar-refractivity contribution in [1.29, 1.82) is 0 Å². The van der Waals surface area contributed by atoms with Gasteiger partial charge in [0.1, 0.15) is 0 Å². The number of hydrogen-bond donors (Lipinski definition) is 0. The highest BCUT2D eigenvalue weighted by molar-refractivity contribution is 6.17. The van der Waals surface area contributed by atoms with E-state index in [1.165, 1.54) is 25.9 Å². The van der Waals surface area contributed by atoms with E-state index in [9.17, 15) is 0 Å². The maximum atomic E-state index is 5.70. The summed E-state index contributed by atoms with van der Waals surface area (Å²) in [5.41, 5.74) is 0. The lowest BCUT2D eigenvalue weighted by Gasteiger charge is -2.12. The third-order valence-corrected chi connectivity index (χ3v) is 2.70. The molecule has 1 atom stereocenters. The molecule has 1 aliphatic rings. The Morgan fingerprint density at radius 2 is 2.42 bits per heavy atom. The van der Waals surface area contributed by atoms with Crippen molar-refractivity contribution in [3.8, 4) is 0 Å². The van der Waals surface area contributed by atoms with Crippen LogP contribution in [0.1, 0.15) is 19.8 Å². The van der Waals surface area contributed by atoms with Crippen molar-refractivity contribution >= 4 is 11.6 Å². The summed E-state index contributed by atoms with van der Waals surface area (Å²) in [6.45, 7) is 5.70. The molecule has 1 heterocycles. The van der Waals surface area contributed by atoms with Gasteiger partial charge in [0.15, 0.2) is 0 Å². The molecule has 2 heteroatoms. The number of likely N-dealkylation sites (tertiary alicyclic amines) is 1. The Labute approximate surface area is 80.4 Å². The number of alkyl halides is 1. The molecule has 0 N–H and O–H groups in total. The smallest absolute Gasteiger partial charge is 0.0226 e. The van der Waals surface area contributed by atoms with Gasteiger partial charge in [-0.15, -0.1) is 11.6 Å². The van der Waals surface area contributed by atoms with Gasteiger partial charge in [0, 0.05) is 19.0 Å². The first-order valence-electron chi connectivity index (χ1n) is 4.76. The summed E-state index contributed by atoms with van der Waals surface area (Å²) in [7, 11) is 0. The van der Waals surface area contributed by atoms with Crippen LogP contribution in [0.4, 0.5) is 0 Å². The van der Waals surface area contributed by atoms with Crippen LogP contribution in [0.2, 0.25) is 0 Å². The highest BCUT2D eigenvalue weighted by Crippen LogP contribution is 2.19. The Morgan fingerprint density at radius 1 is 1.58 bits per heavy atom. The Balaban J connectivity index is 2.16. The van der Waals surface area contributed by atoms with Crippen LogP contribution in [0.25, 0.3) is 0 Å². The molecule has 70 valence electrons. The van der Waals surface area contributed by atoms with Crippen LogP contribution < -0.4 is 0 Å². The zero-order valence-corrected chi connectivity index (χ0v) is 8.56. The van der Waals surface area contributed by atoms with E-state index in [2.05, 4.69) is 24.0 Å². The molecule has 0 amide bonds. The number of nitrogens with zero attached hydrogens (tertiary/aromatic N) is 1. The van der Waals surface area contributed by atoms with Crippen molar-refractivity contribution in [2.24, 2.45) is 5.92 Å². The molecule has 1 unspecified atom stereocenters. The number of halogens is 1. The second-order valence-corrected chi connectivity index (χ2v) is 3.84. The number of rotatable bonds is 4. The van der Waals surface area contributed by atoms with Crippen molar-refractivity contribution in [2.75, 3.05) is 25.5 Å². The SMILES string of the molecule is C/C=C/CN1CCC(CCCl)C1. The normalized spacial score (nSPS) is 25.7. The molecule has 0 bridgehead atoms. The molecular formula is C10H18ClN. The fraction of sp³-hybridized carbons (Fsp3) is 0.800. The fourth-order valence-electron chi connectivity index (χ4n) is 1.72. The van der Waals surface area contributed by atoms with Crippen molar-refractivity contribution in [1.82, 2.24) is 4.90 Å². The summed E-state index contributed by atoms with van der Waals surface area (Å²) in [6.07, 6.45) is 6.87. The second kappa shape index (κ2) is 5.60. The molecule has 1 rings (SSSR count). The van der Waals surface area contributed by atoms with Gasteiger partial charge in [-0.2, -0.15) is 0 Å². The summed E-state index contributed by atoms with van der Waals surface area (Å²) >= 11 is 5.70. The summed E-state index contributed by atoms with van der Waals surface area (Å²) in [6, 6.07) is 0. The largest absolute Gasteiger partial charge is 0.299 e. The third-order valence-electron chi connectivity index (χ3n) is 2.49.